The summed E-state index contributed by atoms with van der Waals surface area (Å²) in [6.45, 7) is 8.16. The molecule has 2 heterocycles. The van der Waals surface area contributed by atoms with E-state index in [1.54, 1.807) is 5.01 Å². The van der Waals surface area contributed by atoms with Gasteiger partial charge in [-0.15, -0.1) is 0 Å². The van der Waals surface area contributed by atoms with E-state index in [4.69, 9.17) is 9.84 Å². The number of esters is 1. The number of likely N-dealkylation sites (tertiary alicyclic amines) is 1. The van der Waals surface area contributed by atoms with Crippen LogP contribution in [0.15, 0.2) is 53.6 Å². The molecule has 6 nitrogen and oxygen atoms in total. The largest absolute Gasteiger partial charge is 0.466 e. The van der Waals surface area contributed by atoms with Gasteiger partial charge in [0.05, 0.1) is 30.8 Å². The standard InChI is InChI=1S/C27H33N3O3/c1-4-33-27(32)22-12-14-29(15-13-22)18-26(31)30-25(23-16-19(2)10-11-20(23)3)17-24(28-30)21-8-6-5-7-9-21/h5-11,16,22,25H,4,12-15,17-18H2,1-3H3/t25-/m0/s1. The van der Waals surface area contributed by atoms with Crippen LogP contribution in [0, 0.1) is 19.8 Å². The Bertz CT molecular complexity index is 1030. The maximum Gasteiger partial charge on any atom is 0.309 e. The SMILES string of the molecule is CCOC(=O)C1CCN(CC(=O)N2N=C(c3ccccc3)C[C@H]2c2cc(C)ccc2C)CC1. The van der Waals surface area contributed by atoms with Crippen LogP contribution in [0.3, 0.4) is 0 Å². The molecule has 1 saturated heterocycles. The average molecular weight is 448 g/mol. The number of carbonyl (C=O) groups excluding carboxylic acids is 2. The molecule has 4 rings (SSSR count). The van der Waals surface area contributed by atoms with Crippen LogP contribution >= 0.6 is 0 Å². The lowest BCUT2D eigenvalue weighted by atomic mass is 9.94. The monoisotopic (exact) mass is 447 g/mol. The van der Waals surface area contributed by atoms with Crippen molar-refractivity contribution in [2.24, 2.45) is 11.0 Å². The Labute approximate surface area is 196 Å². The number of hydrazone groups is 1. The second-order valence-corrected chi connectivity index (χ2v) is 9.03. The third-order valence-electron chi connectivity index (χ3n) is 6.63. The normalized spacial score (nSPS) is 19.4. The quantitative estimate of drug-likeness (QED) is 0.621. The van der Waals surface area contributed by atoms with E-state index < -0.39 is 0 Å². The molecule has 1 fully saturated rings. The van der Waals surface area contributed by atoms with E-state index in [9.17, 15) is 9.59 Å². The fourth-order valence-corrected chi connectivity index (χ4v) is 4.76. The minimum absolute atomic E-state index is 0.00132. The summed E-state index contributed by atoms with van der Waals surface area (Å²) in [7, 11) is 0. The number of hydrogen-bond donors (Lipinski definition) is 0. The summed E-state index contributed by atoms with van der Waals surface area (Å²) in [6, 6.07) is 16.4. The van der Waals surface area contributed by atoms with Crippen molar-refractivity contribution in [3.05, 3.63) is 70.8 Å². The summed E-state index contributed by atoms with van der Waals surface area (Å²) in [5, 5.41) is 6.52. The van der Waals surface area contributed by atoms with Gasteiger partial charge >= 0.3 is 5.97 Å². The van der Waals surface area contributed by atoms with Crippen LogP contribution in [0.1, 0.15) is 54.5 Å². The highest BCUT2D eigenvalue weighted by molar-refractivity contribution is 6.03. The molecule has 2 aliphatic rings. The Morgan fingerprint density at radius 1 is 1.06 bits per heavy atom. The van der Waals surface area contributed by atoms with Crippen LogP contribution in [0.4, 0.5) is 0 Å². The van der Waals surface area contributed by atoms with Crippen molar-refractivity contribution in [1.29, 1.82) is 0 Å². The Morgan fingerprint density at radius 2 is 1.79 bits per heavy atom. The van der Waals surface area contributed by atoms with E-state index in [-0.39, 0.29) is 23.8 Å². The topological polar surface area (TPSA) is 62.2 Å². The second kappa shape index (κ2) is 10.3. The first-order valence-corrected chi connectivity index (χ1v) is 11.9. The summed E-state index contributed by atoms with van der Waals surface area (Å²) in [5.41, 5.74) is 5.49. The molecular weight excluding hydrogens is 414 g/mol. The molecule has 0 N–H and O–H groups in total. The molecule has 2 aromatic rings. The zero-order chi connectivity index (χ0) is 23.4. The van der Waals surface area contributed by atoms with E-state index in [1.807, 2.05) is 37.3 Å². The van der Waals surface area contributed by atoms with E-state index in [0.29, 0.717) is 32.7 Å². The van der Waals surface area contributed by atoms with Gasteiger partial charge in [-0.1, -0.05) is 54.1 Å². The van der Waals surface area contributed by atoms with Crippen molar-refractivity contribution in [1.82, 2.24) is 9.91 Å². The van der Waals surface area contributed by atoms with Crippen molar-refractivity contribution >= 4 is 17.6 Å². The number of hydrogen-bond acceptors (Lipinski definition) is 5. The number of rotatable bonds is 6. The third kappa shape index (κ3) is 5.33. The highest BCUT2D eigenvalue weighted by Crippen LogP contribution is 2.35. The maximum atomic E-state index is 13.5. The molecule has 33 heavy (non-hydrogen) atoms. The third-order valence-corrected chi connectivity index (χ3v) is 6.63. The maximum absolute atomic E-state index is 13.5. The molecule has 0 bridgehead atoms. The van der Waals surface area contributed by atoms with Crippen LogP contribution in [0.2, 0.25) is 0 Å². The van der Waals surface area contributed by atoms with Gasteiger partial charge in [0.1, 0.15) is 0 Å². The smallest absolute Gasteiger partial charge is 0.309 e. The summed E-state index contributed by atoms with van der Waals surface area (Å²) >= 11 is 0. The molecule has 2 aromatic carbocycles. The van der Waals surface area contributed by atoms with Crippen molar-refractivity contribution in [2.45, 2.75) is 46.1 Å². The number of aryl methyl sites for hydroxylation is 2. The average Bonchev–Trinajstić information content (AvgIpc) is 3.27. The van der Waals surface area contributed by atoms with Crippen molar-refractivity contribution < 1.29 is 14.3 Å². The predicted octanol–water partition coefficient (Wildman–Crippen LogP) is 4.26. The zero-order valence-electron chi connectivity index (χ0n) is 19.8. The highest BCUT2D eigenvalue weighted by atomic mass is 16.5. The number of ether oxygens (including phenoxy) is 1. The molecule has 0 aliphatic carbocycles. The fraction of sp³-hybridized carbons (Fsp3) is 0.444. The van der Waals surface area contributed by atoms with Gasteiger partial charge in [-0.2, -0.15) is 5.10 Å². The Balaban J connectivity index is 1.51. The Morgan fingerprint density at radius 3 is 2.48 bits per heavy atom. The molecule has 0 aromatic heterocycles. The van der Waals surface area contributed by atoms with Crippen LogP contribution in [-0.4, -0.2) is 53.7 Å². The first kappa shape index (κ1) is 23.2. The predicted molar refractivity (Wildman–Crippen MR) is 129 cm³/mol. The Kier molecular flexibility index (Phi) is 7.23. The summed E-state index contributed by atoms with van der Waals surface area (Å²) in [4.78, 5) is 27.6. The van der Waals surface area contributed by atoms with Crippen molar-refractivity contribution in [3.8, 4) is 0 Å². The van der Waals surface area contributed by atoms with Gasteiger partial charge in [0, 0.05) is 6.42 Å². The number of amides is 1. The van der Waals surface area contributed by atoms with E-state index in [1.165, 1.54) is 11.1 Å². The van der Waals surface area contributed by atoms with Gasteiger partial charge in [0.15, 0.2) is 0 Å². The van der Waals surface area contributed by atoms with E-state index in [2.05, 4.69) is 36.9 Å². The van der Waals surface area contributed by atoms with Crippen molar-refractivity contribution in [2.75, 3.05) is 26.2 Å². The first-order valence-electron chi connectivity index (χ1n) is 11.9. The van der Waals surface area contributed by atoms with Crippen LogP contribution in [-0.2, 0) is 14.3 Å². The highest BCUT2D eigenvalue weighted by Gasteiger charge is 2.35. The molecule has 6 heteroatoms. The molecule has 0 saturated carbocycles. The lowest BCUT2D eigenvalue weighted by molar-refractivity contribution is -0.149. The lowest BCUT2D eigenvalue weighted by Crippen LogP contribution is -2.43. The molecule has 0 unspecified atom stereocenters. The second-order valence-electron chi connectivity index (χ2n) is 9.03. The number of benzene rings is 2. The van der Waals surface area contributed by atoms with Crippen LogP contribution in [0.5, 0.6) is 0 Å². The molecule has 1 atom stereocenters. The van der Waals surface area contributed by atoms with Gasteiger partial charge in [0.2, 0.25) is 0 Å². The zero-order valence-corrected chi connectivity index (χ0v) is 19.8. The molecule has 2 aliphatic heterocycles. The lowest BCUT2D eigenvalue weighted by Gasteiger charge is -2.32. The van der Waals surface area contributed by atoms with Gasteiger partial charge < -0.3 is 4.74 Å². The van der Waals surface area contributed by atoms with Crippen LogP contribution in [0.25, 0.3) is 0 Å². The number of nitrogens with zero attached hydrogens (tertiary/aromatic N) is 3. The summed E-state index contributed by atoms with van der Waals surface area (Å²) in [5.74, 6) is -0.176. The number of carbonyl (C=O) groups is 2. The number of piperidine rings is 1. The van der Waals surface area contributed by atoms with Gasteiger partial charge in [-0.3, -0.25) is 14.5 Å². The van der Waals surface area contributed by atoms with Gasteiger partial charge in [0.25, 0.3) is 5.91 Å². The van der Waals surface area contributed by atoms with E-state index >= 15 is 0 Å². The minimum Gasteiger partial charge on any atom is -0.466 e. The first-order chi connectivity index (χ1) is 16.0. The molecule has 174 valence electrons. The molecular formula is C27H33N3O3. The van der Waals surface area contributed by atoms with Gasteiger partial charge in [-0.05, 0) is 63.4 Å². The molecule has 0 radical (unpaired) electrons. The van der Waals surface area contributed by atoms with Gasteiger partial charge in [-0.25, -0.2) is 5.01 Å². The summed E-state index contributed by atoms with van der Waals surface area (Å²) in [6.07, 6.45) is 2.15. The molecule has 1 amide bonds. The molecule has 0 spiro atoms. The Hall–Kier alpha value is -2.99. The summed E-state index contributed by atoms with van der Waals surface area (Å²) < 4.78 is 5.17. The minimum atomic E-state index is -0.116. The van der Waals surface area contributed by atoms with E-state index in [0.717, 1.165) is 29.7 Å². The van der Waals surface area contributed by atoms with Crippen molar-refractivity contribution in [3.63, 3.8) is 0 Å². The van der Waals surface area contributed by atoms with Crippen LogP contribution < -0.4 is 0 Å². The fourth-order valence-electron chi connectivity index (χ4n) is 4.76.